The van der Waals surface area contributed by atoms with Crippen molar-refractivity contribution in [3.63, 3.8) is 0 Å². The number of carbonyl (C=O) groups excluding carboxylic acids is 1. The standard InChI is InChI=1S/C23H35N5O3S/c1-6-26-11-13-27(14-12-26)19-9-10-21(18(4)15-19)24-23(29)22-16-20(17-25(22)5)32(30,31)28(7-2)8-3/h9-10,15-17H,6-8,11-14H2,1-5H3,(H,24,29). The second-order valence-corrected chi connectivity index (χ2v) is 10.1. The number of sulfonamides is 1. The third kappa shape index (κ3) is 5.00. The van der Waals surface area contributed by atoms with Gasteiger partial charge in [0.25, 0.3) is 5.91 Å². The van der Waals surface area contributed by atoms with Gasteiger partial charge in [0.2, 0.25) is 10.0 Å². The molecule has 1 amide bonds. The highest BCUT2D eigenvalue weighted by Crippen LogP contribution is 2.25. The van der Waals surface area contributed by atoms with Gasteiger partial charge in [-0.3, -0.25) is 4.79 Å². The van der Waals surface area contributed by atoms with Gasteiger partial charge >= 0.3 is 0 Å². The van der Waals surface area contributed by atoms with Gasteiger partial charge < -0.3 is 19.7 Å². The summed E-state index contributed by atoms with van der Waals surface area (Å²) in [6, 6.07) is 7.50. The van der Waals surface area contributed by atoms with E-state index in [1.54, 1.807) is 25.5 Å². The fraction of sp³-hybridized carbons (Fsp3) is 0.522. The van der Waals surface area contributed by atoms with Crippen LogP contribution in [-0.4, -0.2) is 73.9 Å². The van der Waals surface area contributed by atoms with E-state index in [1.807, 2.05) is 19.1 Å². The zero-order valence-electron chi connectivity index (χ0n) is 19.8. The minimum Gasteiger partial charge on any atom is -0.369 e. The topological polar surface area (TPSA) is 77.9 Å². The maximum absolute atomic E-state index is 12.9. The molecule has 0 bridgehead atoms. The van der Waals surface area contributed by atoms with E-state index < -0.39 is 10.0 Å². The Bertz CT molecular complexity index is 1050. The summed E-state index contributed by atoms with van der Waals surface area (Å²) in [6.45, 7) is 13.7. The molecule has 2 aromatic rings. The van der Waals surface area contributed by atoms with Crippen molar-refractivity contribution in [3.05, 3.63) is 41.7 Å². The van der Waals surface area contributed by atoms with Gasteiger partial charge in [-0.2, -0.15) is 4.31 Å². The Morgan fingerprint density at radius 2 is 1.72 bits per heavy atom. The van der Waals surface area contributed by atoms with Crippen LogP contribution in [0.3, 0.4) is 0 Å². The zero-order chi connectivity index (χ0) is 23.5. The van der Waals surface area contributed by atoms with Crippen LogP contribution in [0.15, 0.2) is 35.4 Å². The van der Waals surface area contributed by atoms with E-state index in [2.05, 4.69) is 28.1 Å². The third-order valence-electron chi connectivity index (χ3n) is 6.20. The molecule has 9 heteroatoms. The van der Waals surface area contributed by atoms with E-state index in [0.29, 0.717) is 18.8 Å². The molecule has 0 spiro atoms. The molecular formula is C23H35N5O3S. The largest absolute Gasteiger partial charge is 0.369 e. The van der Waals surface area contributed by atoms with Crippen molar-refractivity contribution in [2.45, 2.75) is 32.6 Å². The first kappa shape index (κ1) is 24.3. The molecule has 1 saturated heterocycles. The highest BCUT2D eigenvalue weighted by atomic mass is 32.2. The van der Waals surface area contributed by atoms with E-state index in [-0.39, 0.29) is 10.8 Å². The molecule has 1 aromatic heterocycles. The van der Waals surface area contributed by atoms with E-state index in [1.165, 1.54) is 16.6 Å². The Morgan fingerprint density at radius 3 is 2.28 bits per heavy atom. The van der Waals surface area contributed by atoms with Gasteiger partial charge in [-0.15, -0.1) is 0 Å². The molecule has 3 rings (SSSR count). The molecular weight excluding hydrogens is 426 g/mol. The number of hydrogen-bond donors (Lipinski definition) is 1. The first-order valence-corrected chi connectivity index (χ1v) is 12.7. The summed E-state index contributed by atoms with van der Waals surface area (Å²) in [7, 11) is -1.94. The molecule has 176 valence electrons. The Kier molecular flexibility index (Phi) is 7.63. The summed E-state index contributed by atoms with van der Waals surface area (Å²) in [4.78, 5) is 17.9. The van der Waals surface area contributed by atoms with E-state index >= 15 is 0 Å². The van der Waals surface area contributed by atoms with Gasteiger partial charge in [0.1, 0.15) is 10.6 Å². The number of benzene rings is 1. The molecule has 1 aliphatic heterocycles. The Labute approximate surface area is 191 Å². The highest BCUT2D eigenvalue weighted by molar-refractivity contribution is 7.89. The van der Waals surface area contributed by atoms with Crippen LogP contribution in [0.2, 0.25) is 0 Å². The maximum atomic E-state index is 12.9. The molecule has 0 unspecified atom stereocenters. The first-order valence-electron chi connectivity index (χ1n) is 11.3. The molecule has 32 heavy (non-hydrogen) atoms. The van der Waals surface area contributed by atoms with Crippen molar-refractivity contribution >= 4 is 27.3 Å². The quantitative estimate of drug-likeness (QED) is 0.654. The van der Waals surface area contributed by atoms with Gasteiger partial charge in [-0.25, -0.2) is 8.42 Å². The predicted octanol–water partition coefficient (Wildman–Crippen LogP) is 2.76. The lowest BCUT2D eigenvalue weighted by Crippen LogP contribution is -2.46. The summed E-state index contributed by atoms with van der Waals surface area (Å²) in [5.41, 5.74) is 3.15. The minimum absolute atomic E-state index is 0.132. The second kappa shape index (κ2) is 10.1. The fourth-order valence-corrected chi connectivity index (χ4v) is 5.64. The molecule has 1 aromatic carbocycles. The molecule has 1 N–H and O–H groups in total. The van der Waals surface area contributed by atoms with Crippen molar-refractivity contribution in [1.29, 1.82) is 0 Å². The van der Waals surface area contributed by atoms with Crippen LogP contribution in [0.4, 0.5) is 11.4 Å². The normalized spacial score (nSPS) is 15.4. The number of aromatic nitrogens is 1. The average Bonchev–Trinajstić information content (AvgIpc) is 3.18. The number of rotatable bonds is 8. The van der Waals surface area contributed by atoms with E-state index in [0.717, 1.165) is 49.7 Å². The second-order valence-electron chi connectivity index (χ2n) is 8.14. The first-order chi connectivity index (χ1) is 15.2. The number of piperazine rings is 1. The Balaban J connectivity index is 1.74. The van der Waals surface area contributed by atoms with Crippen molar-refractivity contribution in [3.8, 4) is 0 Å². The van der Waals surface area contributed by atoms with Crippen LogP contribution in [0, 0.1) is 6.92 Å². The number of amides is 1. The summed E-state index contributed by atoms with van der Waals surface area (Å²) in [5.74, 6) is -0.332. The van der Waals surface area contributed by atoms with Crippen molar-refractivity contribution in [2.75, 3.05) is 56.0 Å². The number of anilines is 2. The van der Waals surface area contributed by atoms with Crippen molar-refractivity contribution in [1.82, 2.24) is 13.8 Å². The maximum Gasteiger partial charge on any atom is 0.272 e. The molecule has 8 nitrogen and oxygen atoms in total. The van der Waals surface area contributed by atoms with Crippen molar-refractivity contribution in [2.24, 2.45) is 7.05 Å². The van der Waals surface area contributed by atoms with Crippen LogP contribution in [-0.2, 0) is 17.1 Å². The Hall–Kier alpha value is -2.36. The zero-order valence-corrected chi connectivity index (χ0v) is 20.6. The number of carbonyl (C=O) groups is 1. The van der Waals surface area contributed by atoms with Crippen LogP contribution >= 0.6 is 0 Å². The van der Waals surface area contributed by atoms with E-state index in [9.17, 15) is 13.2 Å². The fourth-order valence-electron chi connectivity index (χ4n) is 4.11. The minimum atomic E-state index is -3.62. The van der Waals surface area contributed by atoms with Gasteiger partial charge in [0.15, 0.2) is 0 Å². The van der Waals surface area contributed by atoms with Crippen molar-refractivity contribution < 1.29 is 13.2 Å². The Morgan fingerprint density at radius 1 is 1.06 bits per heavy atom. The third-order valence-corrected chi connectivity index (χ3v) is 8.21. The van der Waals surface area contributed by atoms with Crippen LogP contribution < -0.4 is 10.2 Å². The molecule has 0 atom stereocenters. The summed E-state index contributed by atoms with van der Waals surface area (Å²) < 4.78 is 28.5. The number of aryl methyl sites for hydroxylation is 2. The smallest absolute Gasteiger partial charge is 0.272 e. The van der Waals surface area contributed by atoms with Crippen LogP contribution in [0.25, 0.3) is 0 Å². The lowest BCUT2D eigenvalue weighted by molar-refractivity contribution is 0.101. The molecule has 0 saturated carbocycles. The monoisotopic (exact) mass is 461 g/mol. The summed E-state index contributed by atoms with van der Waals surface area (Å²) in [6.07, 6.45) is 1.49. The number of nitrogens with one attached hydrogen (secondary N) is 1. The molecule has 0 aliphatic carbocycles. The number of nitrogens with zero attached hydrogens (tertiary/aromatic N) is 4. The lowest BCUT2D eigenvalue weighted by atomic mass is 10.1. The molecule has 1 aliphatic rings. The van der Waals surface area contributed by atoms with Gasteiger partial charge in [-0.05, 0) is 43.3 Å². The molecule has 2 heterocycles. The SMILES string of the molecule is CCN1CCN(c2ccc(NC(=O)c3cc(S(=O)(=O)N(CC)CC)cn3C)c(C)c2)CC1. The molecule has 0 radical (unpaired) electrons. The van der Waals surface area contributed by atoms with Gasteiger partial charge in [0, 0.05) is 63.9 Å². The lowest BCUT2D eigenvalue weighted by Gasteiger charge is -2.35. The van der Waals surface area contributed by atoms with Crippen LogP contribution in [0.5, 0.6) is 0 Å². The van der Waals surface area contributed by atoms with Gasteiger partial charge in [-0.1, -0.05) is 20.8 Å². The predicted molar refractivity (Wildman–Crippen MR) is 129 cm³/mol. The highest BCUT2D eigenvalue weighted by Gasteiger charge is 2.25. The van der Waals surface area contributed by atoms with Gasteiger partial charge in [0.05, 0.1) is 0 Å². The average molecular weight is 462 g/mol. The number of likely N-dealkylation sites (N-methyl/N-ethyl adjacent to an activating group) is 1. The molecule has 1 fully saturated rings. The summed E-state index contributed by atoms with van der Waals surface area (Å²) in [5, 5.41) is 2.94. The summed E-state index contributed by atoms with van der Waals surface area (Å²) >= 11 is 0. The van der Waals surface area contributed by atoms with Crippen LogP contribution in [0.1, 0.15) is 36.8 Å². The van der Waals surface area contributed by atoms with E-state index in [4.69, 9.17) is 0 Å². The number of hydrogen-bond acceptors (Lipinski definition) is 5.